The molecule has 0 nitrogen and oxygen atoms in total. The lowest BCUT2D eigenvalue weighted by Gasteiger charge is -1.98. The number of benzene rings is 3. The van der Waals surface area contributed by atoms with Gasteiger partial charge in [-0.05, 0) is 28.3 Å². The zero-order valence-electron chi connectivity index (χ0n) is 12.4. The Hall–Kier alpha value is -2.86. The Morgan fingerprint density at radius 1 is 0.364 bits per heavy atom. The van der Waals surface area contributed by atoms with Crippen LogP contribution in [0.5, 0.6) is 0 Å². The zero-order valence-corrected chi connectivity index (χ0v) is 12.4. The van der Waals surface area contributed by atoms with E-state index in [2.05, 4.69) is 97.1 Å². The number of hydrogen-bond acceptors (Lipinski definition) is 0. The smallest absolute Gasteiger partial charge is 0.0251 e. The minimum Gasteiger partial charge on any atom is -0.0622 e. The third kappa shape index (κ3) is 4.07. The monoisotopic (exact) mass is 282 g/mol. The summed E-state index contributed by atoms with van der Waals surface area (Å²) >= 11 is 0. The summed E-state index contributed by atoms with van der Waals surface area (Å²) in [6.45, 7) is 0. The Kier molecular flexibility index (Phi) is 4.63. The first-order valence-electron chi connectivity index (χ1n) is 7.46. The normalized spacial score (nSPS) is 11.3. The topological polar surface area (TPSA) is 0 Å². The lowest BCUT2D eigenvalue weighted by Crippen LogP contribution is -1.76. The van der Waals surface area contributed by atoms with E-state index in [1.807, 2.05) is 12.1 Å². The molecule has 0 radical (unpaired) electrons. The molecule has 0 fully saturated rings. The molecule has 0 bridgehead atoms. The Labute approximate surface area is 132 Å². The maximum atomic E-state index is 2.19. The van der Waals surface area contributed by atoms with E-state index in [9.17, 15) is 0 Å². The summed E-state index contributed by atoms with van der Waals surface area (Å²) in [6, 6.07) is 29.2. The predicted molar refractivity (Wildman–Crippen MR) is 97.2 cm³/mol. The largest absolute Gasteiger partial charge is 0.0622 e. The van der Waals surface area contributed by atoms with E-state index in [1.54, 1.807) is 0 Å². The van der Waals surface area contributed by atoms with Crippen LogP contribution in [0, 0.1) is 0 Å². The Balaban J connectivity index is 1.75. The van der Waals surface area contributed by atoms with E-state index in [0.717, 1.165) is 0 Å². The molecule has 0 heteroatoms. The van der Waals surface area contributed by atoms with Gasteiger partial charge >= 0.3 is 0 Å². The van der Waals surface area contributed by atoms with Crippen molar-refractivity contribution < 1.29 is 0 Å². The van der Waals surface area contributed by atoms with Gasteiger partial charge in [0.05, 0.1) is 0 Å². The molecule has 3 aromatic carbocycles. The van der Waals surface area contributed by atoms with Crippen molar-refractivity contribution in [1.29, 1.82) is 0 Å². The maximum Gasteiger partial charge on any atom is -0.0251 e. The average molecular weight is 282 g/mol. The summed E-state index contributed by atoms with van der Waals surface area (Å²) < 4.78 is 0. The van der Waals surface area contributed by atoms with Crippen LogP contribution in [0.25, 0.3) is 24.3 Å². The lowest BCUT2D eigenvalue weighted by atomic mass is 10.1. The van der Waals surface area contributed by atoms with Crippen molar-refractivity contribution in [2.24, 2.45) is 0 Å². The lowest BCUT2D eigenvalue weighted by molar-refractivity contribution is 1.61. The summed E-state index contributed by atoms with van der Waals surface area (Å²) in [6.07, 6.45) is 8.57. The maximum absolute atomic E-state index is 2.19. The molecule has 106 valence electrons. The summed E-state index contributed by atoms with van der Waals surface area (Å²) in [4.78, 5) is 0. The van der Waals surface area contributed by atoms with Crippen LogP contribution < -0.4 is 0 Å². The second-order valence-corrected chi connectivity index (χ2v) is 5.16. The number of rotatable bonds is 4. The molecule has 0 unspecified atom stereocenters. The molecule has 0 aliphatic heterocycles. The van der Waals surface area contributed by atoms with E-state index in [-0.39, 0.29) is 0 Å². The van der Waals surface area contributed by atoms with Crippen molar-refractivity contribution in [2.75, 3.05) is 0 Å². The van der Waals surface area contributed by atoms with Crippen molar-refractivity contribution in [3.8, 4) is 0 Å². The van der Waals surface area contributed by atoms with E-state index in [1.165, 1.54) is 22.3 Å². The van der Waals surface area contributed by atoms with E-state index >= 15 is 0 Å². The molecule has 3 rings (SSSR count). The van der Waals surface area contributed by atoms with Crippen molar-refractivity contribution in [3.63, 3.8) is 0 Å². The van der Waals surface area contributed by atoms with Crippen LogP contribution in [0.3, 0.4) is 0 Å². The van der Waals surface area contributed by atoms with Crippen LogP contribution in [0.2, 0.25) is 0 Å². The fraction of sp³-hybridized carbons (Fsp3) is 0. The van der Waals surface area contributed by atoms with Crippen molar-refractivity contribution in [1.82, 2.24) is 0 Å². The van der Waals surface area contributed by atoms with Gasteiger partial charge in [-0.3, -0.25) is 0 Å². The summed E-state index contributed by atoms with van der Waals surface area (Å²) in [5, 5.41) is 0. The molecular formula is C22H18. The first-order valence-corrected chi connectivity index (χ1v) is 7.46. The highest BCUT2D eigenvalue weighted by atomic mass is 14.0. The van der Waals surface area contributed by atoms with Gasteiger partial charge < -0.3 is 0 Å². The molecule has 0 saturated carbocycles. The third-order valence-electron chi connectivity index (χ3n) is 3.45. The van der Waals surface area contributed by atoms with E-state index < -0.39 is 0 Å². The van der Waals surface area contributed by atoms with Gasteiger partial charge in [0.15, 0.2) is 0 Å². The highest BCUT2D eigenvalue weighted by Crippen LogP contribution is 2.13. The SMILES string of the molecule is C(=C/c1cccc(/C=C\c2ccccc2)c1)/c1ccccc1. The first-order chi connectivity index (χ1) is 10.9. The fourth-order valence-corrected chi connectivity index (χ4v) is 2.28. The summed E-state index contributed by atoms with van der Waals surface area (Å²) in [7, 11) is 0. The first kappa shape index (κ1) is 14.1. The molecule has 0 heterocycles. The molecule has 0 amide bonds. The quantitative estimate of drug-likeness (QED) is 0.513. The Morgan fingerprint density at radius 2 is 0.727 bits per heavy atom. The van der Waals surface area contributed by atoms with Crippen molar-refractivity contribution >= 4 is 24.3 Å². The van der Waals surface area contributed by atoms with Gasteiger partial charge in [0, 0.05) is 0 Å². The predicted octanol–water partition coefficient (Wildman–Crippen LogP) is 6.03. The van der Waals surface area contributed by atoms with E-state index in [4.69, 9.17) is 0 Å². The highest BCUT2D eigenvalue weighted by Gasteiger charge is 1.91. The second-order valence-electron chi connectivity index (χ2n) is 5.16. The molecule has 0 aliphatic carbocycles. The minimum absolute atomic E-state index is 1.21. The summed E-state index contributed by atoms with van der Waals surface area (Å²) in [5.74, 6) is 0. The van der Waals surface area contributed by atoms with Crippen molar-refractivity contribution in [3.05, 3.63) is 107 Å². The molecular weight excluding hydrogens is 264 g/mol. The van der Waals surface area contributed by atoms with Gasteiger partial charge in [-0.1, -0.05) is 103 Å². The van der Waals surface area contributed by atoms with E-state index in [0.29, 0.717) is 0 Å². The molecule has 0 atom stereocenters. The Morgan fingerprint density at radius 3 is 1.18 bits per heavy atom. The standard InChI is InChI=1S/C22H18/c1-3-8-19(9-4-1)14-16-21-12-7-13-22(18-21)17-15-20-10-5-2-6-11-20/h1-18H/b16-14-,17-15-. The van der Waals surface area contributed by atoms with Crippen LogP contribution in [-0.2, 0) is 0 Å². The molecule has 0 spiro atoms. The second kappa shape index (κ2) is 7.24. The van der Waals surface area contributed by atoms with Crippen LogP contribution in [0.15, 0.2) is 84.9 Å². The minimum atomic E-state index is 1.21. The van der Waals surface area contributed by atoms with Gasteiger partial charge in [-0.15, -0.1) is 0 Å². The highest BCUT2D eigenvalue weighted by molar-refractivity contribution is 5.74. The molecule has 0 saturated heterocycles. The Bertz CT molecular complexity index is 701. The fourth-order valence-electron chi connectivity index (χ4n) is 2.28. The molecule has 0 aromatic heterocycles. The zero-order chi connectivity index (χ0) is 15.0. The van der Waals surface area contributed by atoms with Gasteiger partial charge in [-0.2, -0.15) is 0 Å². The average Bonchev–Trinajstić information content (AvgIpc) is 2.60. The molecule has 22 heavy (non-hydrogen) atoms. The molecule has 0 N–H and O–H groups in total. The van der Waals surface area contributed by atoms with Gasteiger partial charge in [-0.25, -0.2) is 0 Å². The van der Waals surface area contributed by atoms with Gasteiger partial charge in [0.1, 0.15) is 0 Å². The van der Waals surface area contributed by atoms with Gasteiger partial charge in [0.25, 0.3) is 0 Å². The van der Waals surface area contributed by atoms with Crippen LogP contribution in [0.1, 0.15) is 22.3 Å². The van der Waals surface area contributed by atoms with Crippen molar-refractivity contribution in [2.45, 2.75) is 0 Å². The number of hydrogen-bond donors (Lipinski definition) is 0. The van der Waals surface area contributed by atoms with Crippen LogP contribution >= 0.6 is 0 Å². The van der Waals surface area contributed by atoms with Gasteiger partial charge in [0.2, 0.25) is 0 Å². The molecule has 0 aliphatic rings. The third-order valence-corrected chi connectivity index (χ3v) is 3.45. The van der Waals surface area contributed by atoms with Crippen LogP contribution in [-0.4, -0.2) is 0 Å². The summed E-state index contributed by atoms with van der Waals surface area (Å²) in [5.41, 5.74) is 4.85. The van der Waals surface area contributed by atoms with Crippen LogP contribution in [0.4, 0.5) is 0 Å². The molecule has 3 aromatic rings.